The number of aryl methyl sites for hydroxylation is 3. The molecule has 0 atom stereocenters. The zero-order valence-electron chi connectivity index (χ0n) is 16.1. The van der Waals surface area contributed by atoms with Crippen LogP contribution in [0.25, 0.3) is 10.6 Å². The van der Waals surface area contributed by atoms with E-state index in [-0.39, 0.29) is 5.91 Å². The number of benzene rings is 1. The first-order valence-corrected chi connectivity index (χ1v) is 10.4. The van der Waals surface area contributed by atoms with Gasteiger partial charge in [-0.15, -0.1) is 11.3 Å². The zero-order valence-corrected chi connectivity index (χ0v) is 16.9. The Balaban J connectivity index is 1.55. The molecule has 0 bridgehead atoms. The number of carbonyl (C=O) groups excluding carboxylic acids is 1. The lowest BCUT2D eigenvalue weighted by molar-refractivity contribution is 0.0956. The quantitative estimate of drug-likeness (QED) is 0.736. The minimum atomic E-state index is 0.0126. The fourth-order valence-electron chi connectivity index (χ4n) is 3.61. The highest BCUT2D eigenvalue weighted by Crippen LogP contribution is 2.32. The van der Waals surface area contributed by atoms with Crippen LogP contribution in [0.3, 0.4) is 0 Å². The average Bonchev–Trinajstić information content (AvgIpc) is 3.24. The minimum Gasteiger partial charge on any atom is -0.351 e. The van der Waals surface area contributed by atoms with E-state index in [1.807, 2.05) is 6.92 Å². The summed E-state index contributed by atoms with van der Waals surface area (Å²) in [6, 6.07) is 6.25. The lowest BCUT2D eigenvalue weighted by atomic mass is 10.0. The molecule has 1 saturated heterocycles. The Morgan fingerprint density at radius 1 is 1.15 bits per heavy atom. The Labute approximate surface area is 160 Å². The monoisotopic (exact) mass is 371 g/mol. The molecule has 3 rings (SSSR count). The average molecular weight is 372 g/mol. The Bertz CT molecular complexity index is 742. The molecule has 0 spiro atoms. The van der Waals surface area contributed by atoms with Crippen molar-refractivity contribution in [3.63, 3.8) is 0 Å². The van der Waals surface area contributed by atoms with E-state index < -0.39 is 0 Å². The molecule has 1 aromatic heterocycles. The Kier molecular flexibility index (Phi) is 6.43. The van der Waals surface area contributed by atoms with Crippen LogP contribution < -0.4 is 5.32 Å². The van der Waals surface area contributed by atoms with Crippen molar-refractivity contribution in [3.05, 3.63) is 39.9 Å². The van der Waals surface area contributed by atoms with Crippen molar-refractivity contribution >= 4 is 17.2 Å². The van der Waals surface area contributed by atoms with Gasteiger partial charge in [0, 0.05) is 12.1 Å². The van der Waals surface area contributed by atoms with Gasteiger partial charge in [-0.3, -0.25) is 4.79 Å². The standard InChI is InChI=1S/C21H29N3OS/c1-15-9-8-10-16(2)18(15)21-23-17(3)19(26-21)20(25)22-11-4-5-12-24-13-6-7-14-24/h8-10H,4-7,11-14H2,1-3H3,(H,22,25). The highest BCUT2D eigenvalue weighted by atomic mass is 32.1. The predicted octanol–water partition coefficient (Wildman–Crippen LogP) is 4.34. The molecular weight excluding hydrogens is 342 g/mol. The van der Waals surface area contributed by atoms with Crippen molar-refractivity contribution in [1.29, 1.82) is 0 Å². The number of amides is 1. The van der Waals surface area contributed by atoms with Gasteiger partial charge >= 0.3 is 0 Å². The maximum absolute atomic E-state index is 12.5. The van der Waals surface area contributed by atoms with Crippen LogP contribution in [0.2, 0.25) is 0 Å². The van der Waals surface area contributed by atoms with Crippen molar-refractivity contribution in [3.8, 4) is 10.6 Å². The predicted molar refractivity (Wildman–Crippen MR) is 109 cm³/mol. The van der Waals surface area contributed by atoms with Crippen LogP contribution in [-0.2, 0) is 0 Å². The fraction of sp³-hybridized carbons (Fsp3) is 0.524. The van der Waals surface area contributed by atoms with Crippen molar-refractivity contribution in [2.24, 2.45) is 0 Å². The van der Waals surface area contributed by atoms with Gasteiger partial charge in [-0.2, -0.15) is 0 Å². The molecule has 5 heteroatoms. The summed E-state index contributed by atoms with van der Waals surface area (Å²) < 4.78 is 0. The van der Waals surface area contributed by atoms with Crippen LogP contribution in [0.15, 0.2) is 18.2 Å². The number of rotatable bonds is 7. The van der Waals surface area contributed by atoms with Crippen LogP contribution in [0.1, 0.15) is 52.2 Å². The largest absolute Gasteiger partial charge is 0.351 e. The highest BCUT2D eigenvalue weighted by Gasteiger charge is 2.18. The van der Waals surface area contributed by atoms with Gasteiger partial charge in [0.05, 0.1) is 5.69 Å². The first kappa shape index (κ1) is 19.1. The molecule has 140 valence electrons. The molecule has 4 nitrogen and oxygen atoms in total. The van der Waals surface area contributed by atoms with Gasteiger partial charge in [0.25, 0.3) is 5.91 Å². The van der Waals surface area contributed by atoms with E-state index in [4.69, 9.17) is 0 Å². The summed E-state index contributed by atoms with van der Waals surface area (Å²) in [6.45, 7) is 10.5. The second-order valence-electron chi connectivity index (χ2n) is 7.21. The van der Waals surface area contributed by atoms with Crippen LogP contribution in [-0.4, -0.2) is 42.0 Å². The summed E-state index contributed by atoms with van der Waals surface area (Å²) in [4.78, 5) is 20.5. The topological polar surface area (TPSA) is 45.2 Å². The van der Waals surface area contributed by atoms with Gasteiger partial charge in [0.1, 0.15) is 9.88 Å². The summed E-state index contributed by atoms with van der Waals surface area (Å²) in [5, 5.41) is 4.01. The molecule has 0 unspecified atom stereocenters. The first-order valence-electron chi connectivity index (χ1n) is 9.61. The SMILES string of the molecule is Cc1cccc(C)c1-c1nc(C)c(C(=O)NCCCCN2CCCC2)s1. The van der Waals surface area contributed by atoms with E-state index in [1.165, 1.54) is 48.4 Å². The highest BCUT2D eigenvalue weighted by molar-refractivity contribution is 7.17. The number of thiazole rings is 1. The third-order valence-corrected chi connectivity index (χ3v) is 6.26. The molecular formula is C21H29N3OS. The van der Waals surface area contributed by atoms with Gasteiger partial charge < -0.3 is 10.2 Å². The molecule has 0 saturated carbocycles. The van der Waals surface area contributed by atoms with Gasteiger partial charge in [0.15, 0.2) is 0 Å². The summed E-state index contributed by atoms with van der Waals surface area (Å²) in [6.07, 6.45) is 4.85. The molecule has 0 aliphatic carbocycles. The maximum atomic E-state index is 12.5. The number of carbonyl (C=O) groups is 1. The third kappa shape index (κ3) is 4.51. The van der Waals surface area contributed by atoms with Crippen LogP contribution in [0.5, 0.6) is 0 Å². The number of likely N-dealkylation sites (tertiary alicyclic amines) is 1. The second kappa shape index (κ2) is 8.78. The molecule has 2 aromatic rings. The number of unbranched alkanes of at least 4 members (excludes halogenated alkanes) is 1. The molecule has 0 radical (unpaired) electrons. The molecule has 1 N–H and O–H groups in total. The summed E-state index contributed by atoms with van der Waals surface area (Å²) in [5.41, 5.74) is 4.38. The zero-order chi connectivity index (χ0) is 18.5. The number of nitrogens with zero attached hydrogens (tertiary/aromatic N) is 2. The number of nitrogens with one attached hydrogen (secondary N) is 1. The third-order valence-electron chi connectivity index (χ3n) is 5.08. The normalized spacial score (nSPS) is 14.7. The molecule has 26 heavy (non-hydrogen) atoms. The first-order chi connectivity index (χ1) is 12.6. The molecule has 1 fully saturated rings. The Morgan fingerprint density at radius 3 is 2.54 bits per heavy atom. The number of aromatic nitrogens is 1. The smallest absolute Gasteiger partial charge is 0.263 e. The van der Waals surface area contributed by atoms with Gasteiger partial charge in [-0.25, -0.2) is 4.98 Å². The number of hydrogen-bond acceptors (Lipinski definition) is 4. The van der Waals surface area contributed by atoms with Crippen molar-refractivity contribution < 1.29 is 4.79 Å². The van der Waals surface area contributed by atoms with E-state index in [9.17, 15) is 4.79 Å². The van der Waals surface area contributed by atoms with Gasteiger partial charge in [-0.1, -0.05) is 18.2 Å². The Morgan fingerprint density at radius 2 is 1.85 bits per heavy atom. The molecule has 2 heterocycles. The lowest BCUT2D eigenvalue weighted by Crippen LogP contribution is -2.26. The maximum Gasteiger partial charge on any atom is 0.263 e. The fourth-order valence-corrected chi connectivity index (χ4v) is 4.77. The van der Waals surface area contributed by atoms with Gasteiger partial charge in [-0.05, 0) is 77.2 Å². The number of hydrogen-bond donors (Lipinski definition) is 1. The molecule has 1 aliphatic heterocycles. The van der Waals surface area contributed by atoms with Crippen LogP contribution in [0.4, 0.5) is 0 Å². The summed E-state index contributed by atoms with van der Waals surface area (Å²) in [5.74, 6) is 0.0126. The van der Waals surface area contributed by atoms with E-state index >= 15 is 0 Å². The summed E-state index contributed by atoms with van der Waals surface area (Å²) in [7, 11) is 0. The molecule has 1 aliphatic rings. The second-order valence-corrected chi connectivity index (χ2v) is 8.21. The van der Waals surface area contributed by atoms with E-state index in [2.05, 4.69) is 47.2 Å². The Hall–Kier alpha value is -1.72. The molecule has 1 amide bonds. The van der Waals surface area contributed by atoms with Crippen molar-refractivity contribution in [2.75, 3.05) is 26.2 Å². The van der Waals surface area contributed by atoms with Crippen LogP contribution >= 0.6 is 11.3 Å². The van der Waals surface area contributed by atoms with E-state index in [1.54, 1.807) is 0 Å². The molecule has 1 aromatic carbocycles. The minimum absolute atomic E-state index is 0.0126. The van der Waals surface area contributed by atoms with E-state index in [0.29, 0.717) is 0 Å². The summed E-state index contributed by atoms with van der Waals surface area (Å²) >= 11 is 1.50. The lowest BCUT2D eigenvalue weighted by Gasteiger charge is -2.13. The van der Waals surface area contributed by atoms with E-state index in [0.717, 1.165) is 47.1 Å². The van der Waals surface area contributed by atoms with Crippen molar-refractivity contribution in [1.82, 2.24) is 15.2 Å². The van der Waals surface area contributed by atoms with Gasteiger partial charge in [0.2, 0.25) is 0 Å². The van der Waals surface area contributed by atoms with Crippen molar-refractivity contribution in [2.45, 2.75) is 46.5 Å². The van der Waals surface area contributed by atoms with Crippen LogP contribution in [0, 0.1) is 20.8 Å².